The van der Waals surface area contributed by atoms with Crippen molar-refractivity contribution in [3.05, 3.63) is 71.4 Å². The predicted octanol–water partition coefficient (Wildman–Crippen LogP) is 3.26. The maximum absolute atomic E-state index is 12.7. The zero-order valence-corrected chi connectivity index (χ0v) is 15.5. The molecule has 6 nitrogen and oxygen atoms in total. The molecule has 0 N–H and O–H groups in total. The van der Waals surface area contributed by atoms with Crippen molar-refractivity contribution in [2.75, 3.05) is 18.0 Å². The predicted molar refractivity (Wildman–Crippen MR) is 110 cm³/mol. The van der Waals surface area contributed by atoms with Crippen LogP contribution in [0.4, 0.5) is 5.82 Å². The van der Waals surface area contributed by atoms with Gasteiger partial charge < -0.3 is 4.90 Å². The minimum atomic E-state index is 0.0495. The van der Waals surface area contributed by atoms with Crippen LogP contribution in [0.5, 0.6) is 0 Å². The molecule has 0 radical (unpaired) electrons. The molecule has 0 bridgehead atoms. The molecule has 28 heavy (non-hydrogen) atoms. The zero-order chi connectivity index (χ0) is 18.9. The van der Waals surface area contributed by atoms with Crippen molar-refractivity contribution >= 4 is 27.8 Å². The lowest BCUT2D eigenvalue weighted by Crippen LogP contribution is -2.37. The van der Waals surface area contributed by atoms with Gasteiger partial charge in [-0.1, -0.05) is 24.3 Å². The first kappa shape index (κ1) is 16.9. The fourth-order valence-corrected chi connectivity index (χ4v) is 3.96. The normalized spacial score (nSPS) is 15.4. The van der Waals surface area contributed by atoms with Crippen LogP contribution in [0.2, 0.25) is 0 Å². The lowest BCUT2D eigenvalue weighted by molar-refractivity contribution is 0.351. The Balaban J connectivity index is 1.29. The number of rotatable bonds is 3. The second kappa shape index (κ2) is 7.03. The van der Waals surface area contributed by atoms with Gasteiger partial charge in [0.2, 0.25) is 0 Å². The van der Waals surface area contributed by atoms with Crippen molar-refractivity contribution in [1.29, 1.82) is 0 Å². The first-order valence-electron chi connectivity index (χ1n) is 9.69. The molecular weight excluding hydrogens is 350 g/mol. The van der Waals surface area contributed by atoms with Crippen LogP contribution in [0.25, 0.3) is 21.9 Å². The van der Waals surface area contributed by atoms with E-state index in [9.17, 15) is 4.79 Å². The minimum Gasteiger partial charge on any atom is -0.355 e. The first-order valence-corrected chi connectivity index (χ1v) is 9.69. The standard InChI is InChI=1S/C22H21N5O/c28-22-17-5-1-2-6-18(17)24-15-27(22)14-16-9-11-26(12-10-16)21-13-23-19-7-3-4-8-20(19)25-21/h1-8,13,15-16H,9-12,14H2. The second-order valence-electron chi connectivity index (χ2n) is 7.37. The van der Waals surface area contributed by atoms with E-state index in [0.29, 0.717) is 17.8 Å². The highest BCUT2D eigenvalue weighted by molar-refractivity contribution is 5.77. The molecule has 6 heteroatoms. The molecule has 140 valence electrons. The Morgan fingerprint density at radius 3 is 2.43 bits per heavy atom. The van der Waals surface area contributed by atoms with Gasteiger partial charge in [-0.05, 0) is 43.0 Å². The molecule has 2 aromatic carbocycles. The van der Waals surface area contributed by atoms with Gasteiger partial charge in [-0.3, -0.25) is 14.3 Å². The number of benzene rings is 2. The Morgan fingerprint density at radius 2 is 1.61 bits per heavy atom. The molecule has 0 spiro atoms. The molecule has 1 aliphatic rings. The summed E-state index contributed by atoms with van der Waals surface area (Å²) in [7, 11) is 0. The molecule has 2 aromatic heterocycles. The first-order chi connectivity index (χ1) is 13.8. The Kier molecular flexibility index (Phi) is 4.24. The quantitative estimate of drug-likeness (QED) is 0.553. The average molecular weight is 371 g/mol. The van der Waals surface area contributed by atoms with Gasteiger partial charge in [-0.2, -0.15) is 0 Å². The SMILES string of the molecule is O=c1c2ccccc2ncn1CC1CCN(c2cnc3ccccc3n2)CC1. The van der Waals surface area contributed by atoms with E-state index < -0.39 is 0 Å². The smallest absolute Gasteiger partial charge is 0.261 e. The Labute approximate surface area is 162 Å². The van der Waals surface area contributed by atoms with E-state index in [4.69, 9.17) is 4.98 Å². The topological polar surface area (TPSA) is 63.9 Å². The molecule has 0 unspecified atom stereocenters. The van der Waals surface area contributed by atoms with Gasteiger partial charge in [0.15, 0.2) is 0 Å². The van der Waals surface area contributed by atoms with Gasteiger partial charge in [0.05, 0.1) is 34.5 Å². The van der Waals surface area contributed by atoms with Gasteiger partial charge >= 0.3 is 0 Å². The van der Waals surface area contributed by atoms with E-state index in [-0.39, 0.29) is 5.56 Å². The lowest BCUT2D eigenvalue weighted by Gasteiger charge is -2.32. The minimum absolute atomic E-state index is 0.0495. The lowest BCUT2D eigenvalue weighted by atomic mass is 9.96. The summed E-state index contributed by atoms with van der Waals surface area (Å²) in [6.45, 7) is 2.56. The van der Waals surface area contributed by atoms with Crippen molar-refractivity contribution in [2.45, 2.75) is 19.4 Å². The third-order valence-electron chi connectivity index (χ3n) is 5.56. The summed E-state index contributed by atoms with van der Waals surface area (Å²) in [6, 6.07) is 15.5. The van der Waals surface area contributed by atoms with Crippen LogP contribution in [0.3, 0.4) is 0 Å². The molecular formula is C22H21N5O. The molecule has 1 fully saturated rings. The van der Waals surface area contributed by atoms with Gasteiger partial charge in [0, 0.05) is 19.6 Å². The fraction of sp³-hybridized carbons (Fsp3) is 0.273. The van der Waals surface area contributed by atoms with Gasteiger partial charge in [0.1, 0.15) is 5.82 Å². The molecule has 0 aliphatic carbocycles. The van der Waals surface area contributed by atoms with Crippen LogP contribution in [0, 0.1) is 5.92 Å². The number of hydrogen-bond donors (Lipinski definition) is 0. The van der Waals surface area contributed by atoms with Crippen LogP contribution < -0.4 is 10.5 Å². The fourth-order valence-electron chi connectivity index (χ4n) is 3.96. The third-order valence-corrected chi connectivity index (χ3v) is 5.56. The Morgan fingerprint density at radius 1 is 0.893 bits per heavy atom. The van der Waals surface area contributed by atoms with Gasteiger partial charge in [-0.15, -0.1) is 0 Å². The van der Waals surface area contributed by atoms with Gasteiger partial charge in [0.25, 0.3) is 5.56 Å². The largest absolute Gasteiger partial charge is 0.355 e. The van der Waals surface area contributed by atoms with Crippen molar-refractivity contribution in [1.82, 2.24) is 19.5 Å². The van der Waals surface area contributed by atoms with Crippen molar-refractivity contribution < 1.29 is 0 Å². The summed E-state index contributed by atoms with van der Waals surface area (Å²) in [5, 5.41) is 0.689. The average Bonchev–Trinajstić information content (AvgIpc) is 2.76. The van der Waals surface area contributed by atoms with Crippen LogP contribution in [0.15, 0.2) is 65.8 Å². The summed E-state index contributed by atoms with van der Waals surface area (Å²) in [6.07, 6.45) is 5.59. The van der Waals surface area contributed by atoms with Crippen LogP contribution >= 0.6 is 0 Å². The zero-order valence-electron chi connectivity index (χ0n) is 15.5. The summed E-state index contributed by atoms with van der Waals surface area (Å²) in [4.78, 5) is 28.7. The highest BCUT2D eigenvalue weighted by atomic mass is 16.1. The highest BCUT2D eigenvalue weighted by Crippen LogP contribution is 2.23. The van der Waals surface area contributed by atoms with Crippen molar-refractivity contribution in [3.63, 3.8) is 0 Å². The molecule has 4 aromatic rings. The van der Waals surface area contributed by atoms with Crippen LogP contribution in [0.1, 0.15) is 12.8 Å². The van der Waals surface area contributed by atoms with E-state index in [2.05, 4.69) is 14.9 Å². The molecule has 0 amide bonds. The molecule has 5 rings (SSSR count). The summed E-state index contributed by atoms with van der Waals surface area (Å²) in [5.41, 5.74) is 2.65. The van der Waals surface area contributed by atoms with Crippen molar-refractivity contribution in [3.8, 4) is 0 Å². The Bertz CT molecular complexity index is 1190. The maximum atomic E-state index is 12.7. The van der Waals surface area contributed by atoms with E-state index in [1.54, 1.807) is 10.9 Å². The van der Waals surface area contributed by atoms with E-state index in [1.165, 1.54) is 0 Å². The molecule has 3 heterocycles. The number of piperidine rings is 1. The van der Waals surface area contributed by atoms with E-state index >= 15 is 0 Å². The Hall–Kier alpha value is -3.28. The second-order valence-corrected chi connectivity index (χ2v) is 7.37. The summed E-state index contributed by atoms with van der Waals surface area (Å²) < 4.78 is 1.76. The maximum Gasteiger partial charge on any atom is 0.261 e. The number of fused-ring (bicyclic) bond motifs is 2. The number of hydrogen-bond acceptors (Lipinski definition) is 5. The van der Waals surface area contributed by atoms with E-state index in [0.717, 1.165) is 48.3 Å². The monoisotopic (exact) mass is 371 g/mol. The highest BCUT2D eigenvalue weighted by Gasteiger charge is 2.21. The molecule has 1 saturated heterocycles. The molecule has 1 aliphatic heterocycles. The number of aromatic nitrogens is 4. The number of nitrogens with zero attached hydrogens (tertiary/aromatic N) is 5. The molecule has 0 atom stereocenters. The number of anilines is 1. The molecule has 0 saturated carbocycles. The summed E-state index contributed by atoms with van der Waals surface area (Å²) in [5.74, 6) is 1.40. The van der Waals surface area contributed by atoms with Crippen molar-refractivity contribution in [2.24, 2.45) is 5.92 Å². The summed E-state index contributed by atoms with van der Waals surface area (Å²) >= 11 is 0. The van der Waals surface area contributed by atoms with Crippen LogP contribution in [-0.4, -0.2) is 32.6 Å². The number of para-hydroxylation sites is 3. The third kappa shape index (κ3) is 3.11. The van der Waals surface area contributed by atoms with Gasteiger partial charge in [-0.25, -0.2) is 9.97 Å². The van der Waals surface area contributed by atoms with E-state index in [1.807, 2.05) is 54.7 Å². The van der Waals surface area contributed by atoms with Crippen LogP contribution in [-0.2, 0) is 6.54 Å².